The number of hydrogen-bond donors (Lipinski definition) is 1. The highest BCUT2D eigenvalue weighted by Gasteiger charge is 2.13. The smallest absolute Gasteiger partial charge is 0.220 e. The van der Waals surface area contributed by atoms with Crippen molar-refractivity contribution < 1.29 is 13.6 Å². The highest BCUT2D eigenvalue weighted by atomic mass is 19.1. The van der Waals surface area contributed by atoms with Gasteiger partial charge in [-0.05, 0) is 19.4 Å². The number of carbonyl (C=O) groups is 1. The van der Waals surface area contributed by atoms with E-state index in [0.717, 1.165) is 12.5 Å². The molecule has 0 saturated heterocycles. The molecule has 16 heavy (non-hydrogen) atoms. The number of hydrogen-bond acceptors (Lipinski definition) is 1. The summed E-state index contributed by atoms with van der Waals surface area (Å²) in [5.74, 6) is -1.38. The van der Waals surface area contributed by atoms with Crippen LogP contribution in [-0.4, -0.2) is 5.91 Å². The van der Waals surface area contributed by atoms with E-state index < -0.39 is 17.7 Å². The van der Waals surface area contributed by atoms with Crippen molar-refractivity contribution in [2.75, 3.05) is 0 Å². The molecule has 0 aromatic heterocycles. The van der Waals surface area contributed by atoms with Crippen LogP contribution >= 0.6 is 0 Å². The maximum atomic E-state index is 13.3. The van der Waals surface area contributed by atoms with Crippen LogP contribution in [0.5, 0.6) is 0 Å². The van der Waals surface area contributed by atoms with E-state index in [1.54, 1.807) is 6.92 Å². The lowest BCUT2D eigenvalue weighted by atomic mass is 10.1. The Hall–Kier alpha value is -1.45. The summed E-state index contributed by atoms with van der Waals surface area (Å²) in [5, 5.41) is 2.66. The number of rotatable bonds is 4. The van der Waals surface area contributed by atoms with E-state index in [9.17, 15) is 13.6 Å². The molecule has 88 valence electrons. The molecule has 0 bridgehead atoms. The Morgan fingerprint density at radius 2 is 2.12 bits per heavy atom. The van der Waals surface area contributed by atoms with Crippen LogP contribution in [-0.2, 0) is 4.79 Å². The topological polar surface area (TPSA) is 29.1 Å². The lowest BCUT2D eigenvalue weighted by Gasteiger charge is -2.14. The second-order valence-electron chi connectivity index (χ2n) is 3.71. The number of carbonyl (C=O) groups excluding carboxylic acids is 1. The van der Waals surface area contributed by atoms with Gasteiger partial charge in [-0.3, -0.25) is 4.79 Å². The van der Waals surface area contributed by atoms with Crippen LogP contribution in [0.15, 0.2) is 18.2 Å². The summed E-state index contributed by atoms with van der Waals surface area (Å²) in [4.78, 5) is 11.3. The van der Waals surface area contributed by atoms with Gasteiger partial charge in [0.15, 0.2) is 0 Å². The molecule has 1 aromatic rings. The summed E-state index contributed by atoms with van der Waals surface area (Å²) in [6.07, 6.45) is 1.15. The van der Waals surface area contributed by atoms with Gasteiger partial charge in [-0.15, -0.1) is 0 Å². The Labute approximate surface area is 93.7 Å². The van der Waals surface area contributed by atoms with E-state index in [0.29, 0.717) is 12.0 Å². The molecule has 0 radical (unpaired) electrons. The molecule has 2 nitrogen and oxygen atoms in total. The van der Waals surface area contributed by atoms with Crippen molar-refractivity contribution in [1.82, 2.24) is 5.32 Å². The summed E-state index contributed by atoms with van der Waals surface area (Å²) in [7, 11) is 0. The molecule has 0 unspecified atom stereocenters. The highest BCUT2D eigenvalue weighted by Crippen LogP contribution is 2.17. The molecule has 0 saturated carbocycles. The molecular weight excluding hydrogens is 212 g/mol. The van der Waals surface area contributed by atoms with Gasteiger partial charge in [0.05, 0.1) is 6.04 Å². The second kappa shape index (κ2) is 5.58. The zero-order valence-electron chi connectivity index (χ0n) is 9.39. The largest absolute Gasteiger partial charge is 0.349 e. The minimum absolute atomic E-state index is 0.126. The van der Waals surface area contributed by atoms with Crippen molar-refractivity contribution in [3.63, 3.8) is 0 Å². The predicted molar refractivity (Wildman–Crippen MR) is 57.8 cm³/mol. The standard InChI is InChI=1S/C12H15F2NO/c1-3-4-12(16)15-8(2)10-6-5-9(13)7-11(10)14/h5-8H,3-4H2,1-2H3,(H,15,16)/t8-/m0/s1. The van der Waals surface area contributed by atoms with E-state index >= 15 is 0 Å². The summed E-state index contributed by atoms with van der Waals surface area (Å²) in [5.41, 5.74) is 0.297. The van der Waals surface area contributed by atoms with Gasteiger partial charge in [0.1, 0.15) is 11.6 Å². The third kappa shape index (κ3) is 3.29. The molecule has 1 rings (SSSR count). The monoisotopic (exact) mass is 227 g/mol. The third-order valence-corrected chi connectivity index (χ3v) is 2.28. The average Bonchev–Trinajstić information content (AvgIpc) is 2.17. The van der Waals surface area contributed by atoms with Gasteiger partial charge >= 0.3 is 0 Å². The Balaban J connectivity index is 2.72. The van der Waals surface area contributed by atoms with Crippen LogP contribution in [0.1, 0.15) is 38.3 Å². The number of benzene rings is 1. The van der Waals surface area contributed by atoms with Gasteiger partial charge in [-0.1, -0.05) is 13.0 Å². The Morgan fingerprint density at radius 3 is 2.69 bits per heavy atom. The maximum absolute atomic E-state index is 13.3. The first-order valence-electron chi connectivity index (χ1n) is 5.29. The highest BCUT2D eigenvalue weighted by molar-refractivity contribution is 5.76. The minimum atomic E-state index is -0.635. The summed E-state index contributed by atoms with van der Waals surface area (Å²) < 4.78 is 26.0. The lowest BCUT2D eigenvalue weighted by Crippen LogP contribution is -2.26. The molecular formula is C12H15F2NO. The van der Waals surface area contributed by atoms with Crippen LogP contribution in [0, 0.1) is 11.6 Å². The Kier molecular flexibility index (Phi) is 4.40. The van der Waals surface area contributed by atoms with E-state index in [1.165, 1.54) is 12.1 Å². The van der Waals surface area contributed by atoms with Gasteiger partial charge in [0, 0.05) is 18.1 Å². The SMILES string of the molecule is CCCC(=O)N[C@@H](C)c1ccc(F)cc1F. The zero-order chi connectivity index (χ0) is 12.1. The van der Waals surface area contributed by atoms with Gasteiger partial charge in [-0.2, -0.15) is 0 Å². The normalized spacial score (nSPS) is 12.2. The first-order chi connectivity index (χ1) is 7.54. The van der Waals surface area contributed by atoms with Crippen molar-refractivity contribution in [2.24, 2.45) is 0 Å². The fourth-order valence-corrected chi connectivity index (χ4v) is 1.47. The van der Waals surface area contributed by atoms with Crippen LogP contribution in [0.3, 0.4) is 0 Å². The number of amides is 1. The Bertz CT molecular complexity index is 379. The molecule has 1 aromatic carbocycles. The number of nitrogens with one attached hydrogen (secondary N) is 1. The third-order valence-electron chi connectivity index (χ3n) is 2.28. The van der Waals surface area contributed by atoms with Gasteiger partial charge in [0.25, 0.3) is 0 Å². The van der Waals surface area contributed by atoms with E-state index in [4.69, 9.17) is 0 Å². The molecule has 0 aliphatic heterocycles. The fourth-order valence-electron chi connectivity index (χ4n) is 1.47. The van der Waals surface area contributed by atoms with Gasteiger partial charge in [0.2, 0.25) is 5.91 Å². The number of halogens is 2. The first-order valence-corrected chi connectivity index (χ1v) is 5.29. The summed E-state index contributed by atoms with van der Waals surface area (Å²) in [6, 6.07) is 2.90. The van der Waals surface area contributed by atoms with Crippen LogP contribution < -0.4 is 5.32 Å². The van der Waals surface area contributed by atoms with E-state index in [2.05, 4.69) is 5.32 Å². The summed E-state index contributed by atoms with van der Waals surface area (Å²) >= 11 is 0. The fraction of sp³-hybridized carbons (Fsp3) is 0.417. The van der Waals surface area contributed by atoms with Gasteiger partial charge < -0.3 is 5.32 Å². The van der Waals surface area contributed by atoms with Crippen LogP contribution in [0.2, 0.25) is 0 Å². The van der Waals surface area contributed by atoms with Gasteiger partial charge in [-0.25, -0.2) is 8.78 Å². The molecule has 0 heterocycles. The van der Waals surface area contributed by atoms with Crippen LogP contribution in [0.4, 0.5) is 8.78 Å². The van der Waals surface area contributed by atoms with E-state index in [-0.39, 0.29) is 5.91 Å². The molecule has 0 fully saturated rings. The quantitative estimate of drug-likeness (QED) is 0.841. The molecule has 0 spiro atoms. The molecule has 0 aliphatic carbocycles. The second-order valence-corrected chi connectivity index (χ2v) is 3.71. The van der Waals surface area contributed by atoms with E-state index in [1.807, 2.05) is 6.92 Å². The van der Waals surface area contributed by atoms with Crippen molar-refractivity contribution in [3.8, 4) is 0 Å². The lowest BCUT2D eigenvalue weighted by molar-refractivity contribution is -0.121. The van der Waals surface area contributed by atoms with Crippen molar-refractivity contribution in [1.29, 1.82) is 0 Å². The summed E-state index contributed by atoms with van der Waals surface area (Å²) in [6.45, 7) is 3.56. The average molecular weight is 227 g/mol. The van der Waals surface area contributed by atoms with Crippen molar-refractivity contribution in [2.45, 2.75) is 32.7 Å². The maximum Gasteiger partial charge on any atom is 0.220 e. The van der Waals surface area contributed by atoms with Crippen molar-refractivity contribution >= 4 is 5.91 Å². The van der Waals surface area contributed by atoms with Crippen molar-refractivity contribution in [3.05, 3.63) is 35.4 Å². The predicted octanol–water partition coefficient (Wildman–Crippen LogP) is 2.94. The molecule has 4 heteroatoms. The molecule has 1 N–H and O–H groups in total. The van der Waals surface area contributed by atoms with Crippen LogP contribution in [0.25, 0.3) is 0 Å². The molecule has 0 aliphatic rings. The molecule has 1 amide bonds. The Morgan fingerprint density at radius 1 is 1.44 bits per heavy atom. The minimum Gasteiger partial charge on any atom is -0.349 e. The zero-order valence-corrected chi connectivity index (χ0v) is 9.39. The molecule has 1 atom stereocenters. The first kappa shape index (κ1) is 12.6.